The summed E-state index contributed by atoms with van der Waals surface area (Å²) in [6, 6.07) is 3.78. The van der Waals surface area contributed by atoms with Crippen LogP contribution in [0.25, 0.3) is 0 Å². The van der Waals surface area contributed by atoms with Crippen molar-refractivity contribution in [3.63, 3.8) is 0 Å². The van der Waals surface area contributed by atoms with Gasteiger partial charge in [0.1, 0.15) is 11.9 Å². The standard InChI is InChI=1S/C12H16FN3O3S/c1-14-12(17)11-8-15-6-7-16(11)20(18,19)10-4-2-9(13)3-5-10/h2-5,11,15H,6-8H2,1H3,(H,14,17). The van der Waals surface area contributed by atoms with Crippen molar-refractivity contribution in [3.05, 3.63) is 30.1 Å². The van der Waals surface area contributed by atoms with Crippen molar-refractivity contribution in [3.8, 4) is 0 Å². The molecule has 2 N–H and O–H groups in total. The fourth-order valence-corrected chi connectivity index (χ4v) is 3.69. The second-order valence-electron chi connectivity index (χ2n) is 4.40. The number of piperazine rings is 1. The second-order valence-corrected chi connectivity index (χ2v) is 6.29. The first-order valence-corrected chi connectivity index (χ1v) is 7.60. The van der Waals surface area contributed by atoms with Crippen molar-refractivity contribution in [1.29, 1.82) is 0 Å². The summed E-state index contributed by atoms with van der Waals surface area (Å²) >= 11 is 0. The zero-order chi connectivity index (χ0) is 14.8. The van der Waals surface area contributed by atoms with Gasteiger partial charge in [-0.3, -0.25) is 4.79 Å². The van der Waals surface area contributed by atoms with Gasteiger partial charge in [-0.25, -0.2) is 12.8 Å². The zero-order valence-electron chi connectivity index (χ0n) is 11.0. The van der Waals surface area contributed by atoms with Crippen LogP contribution in [0.2, 0.25) is 0 Å². The van der Waals surface area contributed by atoms with Crippen LogP contribution in [0.1, 0.15) is 0 Å². The maximum atomic E-state index is 12.9. The predicted molar refractivity (Wildman–Crippen MR) is 71.0 cm³/mol. The fourth-order valence-electron chi connectivity index (χ4n) is 2.11. The van der Waals surface area contributed by atoms with E-state index >= 15 is 0 Å². The smallest absolute Gasteiger partial charge is 0.243 e. The molecule has 0 radical (unpaired) electrons. The van der Waals surface area contributed by atoms with Crippen LogP contribution in [-0.2, 0) is 14.8 Å². The summed E-state index contributed by atoms with van der Waals surface area (Å²) in [6.07, 6.45) is 0. The van der Waals surface area contributed by atoms with Crippen LogP contribution in [0.3, 0.4) is 0 Å². The van der Waals surface area contributed by atoms with Crippen LogP contribution in [-0.4, -0.2) is 51.4 Å². The average Bonchev–Trinajstić information content (AvgIpc) is 2.47. The summed E-state index contributed by atoms with van der Waals surface area (Å²) in [5.41, 5.74) is 0. The first kappa shape index (κ1) is 14.9. The van der Waals surface area contributed by atoms with E-state index in [1.54, 1.807) is 0 Å². The van der Waals surface area contributed by atoms with Crippen LogP contribution < -0.4 is 10.6 Å². The summed E-state index contributed by atoms with van der Waals surface area (Å²) in [6.45, 7) is 0.909. The van der Waals surface area contributed by atoms with E-state index < -0.39 is 21.9 Å². The SMILES string of the molecule is CNC(=O)C1CNCCN1S(=O)(=O)c1ccc(F)cc1. The molecule has 1 atom stereocenters. The van der Waals surface area contributed by atoms with Crippen molar-refractivity contribution in [2.75, 3.05) is 26.7 Å². The molecule has 1 aliphatic rings. The lowest BCUT2D eigenvalue weighted by molar-refractivity contribution is -0.124. The van der Waals surface area contributed by atoms with Crippen LogP contribution in [0.4, 0.5) is 4.39 Å². The molecular formula is C12H16FN3O3S. The highest BCUT2D eigenvalue weighted by Gasteiger charge is 2.37. The summed E-state index contributed by atoms with van der Waals surface area (Å²) in [5.74, 6) is -0.880. The van der Waals surface area contributed by atoms with Gasteiger partial charge in [-0.1, -0.05) is 0 Å². The van der Waals surface area contributed by atoms with Gasteiger partial charge in [0.15, 0.2) is 0 Å². The Balaban J connectivity index is 2.35. The molecule has 2 rings (SSSR count). The Hall–Kier alpha value is -1.51. The van der Waals surface area contributed by atoms with Crippen molar-refractivity contribution in [2.24, 2.45) is 0 Å². The maximum Gasteiger partial charge on any atom is 0.243 e. The van der Waals surface area contributed by atoms with Gasteiger partial charge in [-0.15, -0.1) is 0 Å². The molecule has 6 nitrogen and oxygen atoms in total. The van der Waals surface area contributed by atoms with E-state index in [0.717, 1.165) is 16.4 Å². The number of carbonyl (C=O) groups excluding carboxylic acids is 1. The predicted octanol–water partition coefficient (Wildman–Crippen LogP) is -0.466. The van der Waals surface area contributed by atoms with E-state index in [2.05, 4.69) is 10.6 Å². The average molecular weight is 301 g/mol. The summed E-state index contributed by atoms with van der Waals surface area (Å²) in [5, 5.41) is 5.44. The molecule has 110 valence electrons. The van der Waals surface area contributed by atoms with Gasteiger partial charge in [-0.2, -0.15) is 4.31 Å². The highest BCUT2D eigenvalue weighted by molar-refractivity contribution is 7.89. The third-order valence-electron chi connectivity index (χ3n) is 3.16. The molecule has 0 aliphatic carbocycles. The van der Waals surface area contributed by atoms with Crippen molar-refractivity contribution >= 4 is 15.9 Å². The van der Waals surface area contributed by atoms with Crippen molar-refractivity contribution in [1.82, 2.24) is 14.9 Å². The highest BCUT2D eigenvalue weighted by atomic mass is 32.2. The number of sulfonamides is 1. The number of hydrogen-bond acceptors (Lipinski definition) is 4. The number of amides is 1. The molecule has 0 saturated carbocycles. The Labute approximate surface area is 117 Å². The lowest BCUT2D eigenvalue weighted by Gasteiger charge is -2.33. The molecule has 0 bridgehead atoms. The third kappa shape index (κ3) is 2.82. The van der Waals surface area contributed by atoms with E-state index in [-0.39, 0.29) is 23.9 Å². The summed E-state index contributed by atoms with van der Waals surface area (Å²) < 4.78 is 39.1. The van der Waals surface area contributed by atoms with Gasteiger partial charge in [0.25, 0.3) is 0 Å². The normalized spacial score (nSPS) is 20.6. The molecule has 1 aromatic rings. The van der Waals surface area contributed by atoms with Crippen molar-refractivity contribution in [2.45, 2.75) is 10.9 Å². The number of halogens is 1. The molecule has 8 heteroatoms. The number of rotatable bonds is 3. The van der Waals surface area contributed by atoms with Crippen LogP contribution in [0, 0.1) is 5.82 Å². The van der Waals surface area contributed by atoms with Gasteiger partial charge in [0.05, 0.1) is 4.90 Å². The largest absolute Gasteiger partial charge is 0.358 e. The first-order chi connectivity index (χ1) is 9.46. The highest BCUT2D eigenvalue weighted by Crippen LogP contribution is 2.19. The zero-order valence-corrected chi connectivity index (χ0v) is 11.8. The fraction of sp³-hybridized carbons (Fsp3) is 0.417. The van der Waals surface area contributed by atoms with Gasteiger partial charge in [0, 0.05) is 26.7 Å². The van der Waals surface area contributed by atoms with Gasteiger partial charge in [-0.05, 0) is 24.3 Å². The van der Waals surface area contributed by atoms with Crippen LogP contribution in [0.15, 0.2) is 29.2 Å². The Kier molecular flexibility index (Phi) is 4.36. The molecule has 20 heavy (non-hydrogen) atoms. The molecule has 1 unspecified atom stereocenters. The van der Waals surface area contributed by atoms with Crippen molar-refractivity contribution < 1.29 is 17.6 Å². The van der Waals surface area contributed by atoms with Gasteiger partial charge < -0.3 is 10.6 Å². The number of nitrogens with zero attached hydrogens (tertiary/aromatic N) is 1. The number of hydrogen-bond donors (Lipinski definition) is 2. The van der Waals surface area contributed by atoms with E-state index in [0.29, 0.717) is 6.54 Å². The Morgan fingerprint density at radius 1 is 1.40 bits per heavy atom. The van der Waals surface area contributed by atoms with E-state index in [4.69, 9.17) is 0 Å². The monoisotopic (exact) mass is 301 g/mol. The molecule has 1 heterocycles. The minimum atomic E-state index is -3.82. The third-order valence-corrected chi connectivity index (χ3v) is 5.09. The van der Waals surface area contributed by atoms with E-state index in [1.165, 1.54) is 19.2 Å². The number of benzene rings is 1. The Bertz CT molecular complexity index is 588. The molecule has 1 saturated heterocycles. The number of likely N-dealkylation sites (N-methyl/N-ethyl adjacent to an activating group) is 1. The summed E-state index contributed by atoms with van der Waals surface area (Å²) in [7, 11) is -2.36. The molecule has 0 spiro atoms. The van der Waals surface area contributed by atoms with Gasteiger partial charge >= 0.3 is 0 Å². The van der Waals surface area contributed by atoms with E-state index in [9.17, 15) is 17.6 Å². The molecule has 1 aromatic carbocycles. The maximum absolute atomic E-state index is 12.9. The van der Waals surface area contributed by atoms with Crippen LogP contribution >= 0.6 is 0 Å². The Morgan fingerprint density at radius 2 is 2.05 bits per heavy atom. The topological polar surface area (TPSA) is 78.5 Å². The minimum Gasteiger partial charge on any atom is -0.358 e. The van der Waals surface area contributed by atoms with E-state index in [1.807, 2.05) is 0 Å². The quantitative estimate of drug-likeness (QED) is 0.791. The molecule has 1 fully saturated rings. The molecule has 1 amide bonds. The second kappa shape index (κ2) is 5.86. The molecule has 0 aromatic heterocycles. The minimum absolute atomic E-state index is 0.0188. The Morgan fingerprint density at radius 3 is 2.65 bits per heavy atom. The first-order valence-electron chi connectivity index (χ1n) is 6.16. The lowest BCUT2D eigenvalue weighted by Crippen LogP contribution is -2.59. The summed E-state index contributed by atoms with van der Waals surface area (Å²) in [4.78, 5) is 11.8. The molecule has 1 aliphatic heterocycles. The lowest BCUT2D eigenvalue weighted by atomic mass is 10.2. The van der Waals surface area contributed by atoms with Crippen LogP contribution in [0.5, 0.6) is 0 Å². The number of nitrogens with one attached hydrogen (secondary N) is 2. The van der Waals surface area contributed by atoms with Gasteiger partial charge in [0.2, 0.25) is 15.9 Å². The molecular weight excluding hydrogens is 285 g/mol. The number of carbonyl (C=O) groups is 1.